The number of morpholine rings is 1. The summed E-state index contributed by atoms with van der Waals surface area (Å²) in [5, 5.41) is 3.50. The third kappa shape index (κ3) is 3.24. The molecule has 3 nitrogen and oxygen atoms in total. The van der Waals surface area contributed by atoms with Gasteiger partial charge < -0.3 is 15.0 Å². The first-order valence-corrected chi connectivity index (χ1v) is 6.79. The topological polar surface area (TPSA) is 24.5 Å². The summed E-state index contributed by atoms with van der Waals surface area (Å²) in [5.74, 6) is 0.555. The van der Waals surface area contributed by atoms with Gasteiger partial charge in [-0.1, -0.05) is 32.0 Å². The van der Waals surface area contributed by atoms with Crippen molar-refractivity contribution in [3.05, 3.63) is 29.8 Å². The van der Waals surface area contributed by atoms with E-state index in [0.29, 0.717) is 12.0 Å². The molecule has 0 saturated carbocycles. The van der Waals surface area contributed by atoms with E-state index in [4.69, 9.17) is 4.74 Å². The van der Waals surface area contributed by atoms with Crippen LogP contribution in [0.25, 0.3) is 0 Å². The van der Waals surface area contributed by atoms with Crippen LogP contribution in [0.15, 0.2) is 24.3 Å². The predicted octanol–water partition coefficient (Wildman–Crippen LogP) is 2.23. The summed E-state index contributed by atoms with van der Waals surface area (Å²) in [4.78, 5) is 2.34. The highest BCUT2D eigenvalue weighted by molar-refractivity contribution is 5.54. The van der Waals surface area contributed by atoms with Crippen LogP contribution in [0.4, 0.5) is 5.69 Å². The molecule has 1 saturated heterocycles. The van der Waals surface area contributed by atoms with Crippen molar-refractivity contribution in [3.63, 3.8) is 0 Å². The smallest absolute Gasteiger partial charge is 0.0637 e. The van der Waals surface area contributed by atoms with Gasteiger partial charge in [0.05, 0.1) is 13.2 Å². The fraction of sp³-hybridized carbons (Fsp3) is 0.600. The zero-order valence-corrected chi connectivity index (χ0v) is 11.6. The molecule has 0 aromatic heterocycles. The van der Waals surface area contributed by atoms with Crippen LogP contribution in [0.3, 0.4) is 0 Å². The Balaban J connectivity index is 2.05. The van der Waals surface area contributed by atoms with Crippen LogP contribution in [0, 0.1) is 0 Å². The second kappa shape index (κ2) is 6.21. The summed E-state index contributed by atoms with van der Waals surface area (Å²) >= 11 is 0. The van der Waals surface area contributed by atoms with E-state index in [1.54, 1.807) is 0 Å². The van der Waals surface area contributed by atoms with Crippen LogP contribution < -0.4 is 10.2 Å². The van der Waals surface area contributed by atoms with E-state index in [-0.39, 0.29) is 0 Å². The average molecular weight is 248 g/mol. The lowest BCUT2D eigenvalue weighted by Gasteiger charge is -2.31. The Morgan fingerprint density at radius 3 is 2.83 bits per heavy atom. The summed E-state index contributed by atoms with van der Waals surface area (Å²) in [7, 11) is 2.16. The Bertz CT molecular complexity index is 373. The van der Waals surface area contributed by atoms with Crippen LogP contribution in [-0.4, -0.2) is 39.4 Å². The zero-order chi connectivity index (χ0) is 13.0. The van der Waals surface area contributed by atoms with Gasteiger partial charge in [0.2, 0.25) is 0 Å². The van der Waals surface area contributed by atoms with Gasteiger partial charge in [-0.05, 0) is 17.5 Å². The first-order valence-electron chi connectivity index (χ1n) is 6.79. The Morgan fingerprint density at radius 1 is 1.39 bits per heavy atom. The average Bonchev–Trinajstić information content (AvgIpc) is 2.40. The molecule has 0 radical (unpaired) electrons. The number of para-hydroxylation sites is 1. The van der Waals surface area contributed by atoms with Crippen molar-refractivity contribution < 1.29 is 4.74 Å². The molecule has 1 N–H and O–H groups in total. The first kappa shape index (κ1) is 13.4. The normalized spacial score (nSPS) is 20.1. The second-order valence-electron chi connectivity index (χ2n) is 5.32. The molecule has 1 aliphatic heterocycles. The number of rotatable bonds is 4. The molecule has 1 aliphatic rings. The van der Waals surface area contributed by atoms with Crippen LogP contribution >= 0.6 is 0 Å². The van der Waals surface area contributed by atoms with Gasteiger partial charge in [-0.3, -0.25) is 0 Å². The maximum Gasteiger partial charge on any atom is 0.0637 e. The van der Waals surface area contributed by atoms with Crippen LogP contribution in [0.5, 0.6) is 0 Å². The summed E-state index contributed by atoms with van der Waals surface area (Å²) in [6.45, 7) is 8.09. The minimum atomic E-state index is 0.434. The molecule has 100 valence electrons. The van der Waals surface area contributed by atoms with Gasteiger partial charge in [0.1, 0.15) is 0 Å². The largest absolute Gasteiger partial charge is 0.378 e. The number of hydrogen-bond acceptors (Lipinski definition) is 3. The second-order valence-corrected chi connectivity index (χ2v) is 5.32. The van der Waals surface area contributed by atoms with Crippen molar-refractivity contribution in [2.45, 2.75) is 25.8 Å². The molecule has 1 heterocycles. The van der Waals surface area contributed by atoms with E-state index in [1.807, 2.05) is 0 Å². The van der Waals surface area contributed by atoms with Crippen molar-refractivity contribution in [1.29, 1.82) is 0 Å². The zero-order valence-electron chi connectivity index (χ0n) is 11.6. The van der Waals surface area contributed by atoms with Crippen LogP contribution in [0.2, 0.25) is 0 Å². The van der Waals surface area contributed by atoms with Crippen molar-refractivity contribution in [3.8, 4) is 0 Å². The number of nitrogens with one attached hydrogen (secondary N) is 1. The lowest BCUT2D eigenvalue weighted by atomic mass is 10.0. The van der Waals surface area contributed by atoms with Gasteiger partial charge in [0.25, 0.3) is 0 Å². The number of benzene rings is 1. The monoisotopic (exact) mass is 248 g/mol. The maximum absolute atomic E-state index is 5.51. The van der Waals surface area contributed by atoms with Crippen molar-refractivity contribution in [2.75, 3.05) is 38.3 Å². The quantitative estimate of drug-likeness (QED) is 0.884. The number of hydrogen-bond donors (Lipinski definition) is 1. The predicted molar refractivity (Wildman–Crippen MR) is 76.4 cm³/mol. The number of nitrogens with zero attached hydrogens (tertiary/aromatic N) is 1. The Morgan fingerprint density at radius 2 is 2.17 bits per heavy atom. The van der Waals surface area contributed by atoms with Crippen molar-refractivity contribution >= 4 is 5.69 Å². The molecule has 0 aliphatic carbocycles. The lowest BCUT2D eigenvalue weighted by molar-refractivity contribution is 0.0791. The summed E-state index contributed by atoms with van der Waals surface area (Å²) in [5.41, 5.74) is 2.75. The van der Waals surface area contributed by atoms with E-state index >= 15 is 0 Å². The molecular weight excluding hydrogens is 224 g/mol. The number of anilines is 1. The summed E-state index contributed by atoms with van der Waals surface area (Å²) < 4.78 is 5.51. The highest BCUT2D eigenvalue weighted by Crippen LogP contribution is 2.26. The molecular formula is C15H24N2O. The standard InChI is InChI=1S/C15H24N2O/c1-12(2)14-6-4-5-7-15(14)17(3)10-13-11-18-9-8-16-13/h4-7,12-13,16H,8-11H2,1-3H3. The SMILES string of the molecule is CC(C)c1ccccc1N(C)CC1COCCN1. The van der Waals surface area contributed by atoms with Crippen molar-refractivity contribution in [1.82, 2.24) is 5.32 Å². The molecule has 0 spiro atoms. The fourth-order valence-electron chi connectivity index (χ4n) is 2.49. The lowest BCUT2D eigenvalue weighted by Crippen LogP contribution is -2.47. The van der Waals surface area contributed by atoms with Crippen molar-refractivity contribution in [2.24, 2.45) is 0 Å². The van der Waals surface area contributed by atoms with Gasteiger partial charge in [-0.2, -0.15) is 0 Å². The number of ether oxygens (including phenoxy) is 1. The van der Waals surface area contributed by atoms with Crippen LogP contribution in [0.1, 0.15) is 25.3 Å². The van der Waals surface area contributed by atoms with Gasteiger partial charge >= 0.3 is 0 Å². The Hall–Kier alpha value is -1.06. The summed E-state index contributed by atoms with van der Waals surface area (Å²) in [6.07, 6.45) is 0. The fourth-order valence-corrected chi connectivity index (χ4v) is 2.49. The third-order valence-corrected chi connectivity index (χ3v) is 3.46. The van der Waals surface area contributed by atoms with E-state index in [9.17, 15) is 0 Å². The van der Waals surface area contributed by atoms with Gasteiger partial charge in [-0.25, -0.2) is 0 Å². The molecule has 1 unspecified atom stereocenters. The Kier molecular flexibility index (Phi) is 4.61. The highest BCUT2D eigenvalue weighted by Gasteiger charge is 2.17. The van der Waals surface area contributed by atoms with E-state index in [0.717, 1.165) is 26.3 Å². The first-order chi connectivity index (χ1) is 8.68. The highest BCUT2D eigenvalue weighted by atomic mass is 16.5. The molecule has 1 aromatic carbocycles. The molecule has 1 aromatic rings. The molecule has 18 heavy (non-hydrogen) atoms. The van der Waals surface area contributed by atoms with E-state index in [2.05, 4.69) is 55.4 Å². The molecule has 1 fully saturated rings. The number of likely N-dealkylation sites (N-methyl/N-ethyl adjacent to an activating group) is 1. The molecule has 0 bridgehead atoms. The molecule has 3 heteroatoms. The molecule has 0 amide bonds. The van der Waals surface area contributed by atoms with E-state index in [1.165, 1.54) is 11.3 Å². The minimum Gasteiger partial charge on any atom is -0.378 e. The van der Waals surface area contributed by atoms with Gasteiger partial charge in [-0.15, -0.1) is 0 Å². The molecule has 1 atom stereocenters. The summed E-state index contributed by atoms with van der Waals surface area (Å²) in [6, 6.07) is 9.10. The van der Waals surface area contributed by atoms with Gasteiger partial charge in [0.15, 0.2) is 0 Å². The molecule has 2 rings (SSSR count). The van der Waals surface area contributed by atoms with Gasteiger partial charge in [0, 0.05) is 31.9 Å². The maximum atomic E-state index is 5.51. The third-order valence-electron chi connectivity index (χ3n) is 3.46. The Labute approximate surface area is 110 Å². The van der Waals surface area contributed by atoms with Crippen LogP contribution in [-0.2, 0) is 4.74 Å². The minimum absolute atomic E-state index is 0.434. The van der Waals surface area contributed by atoms with E-state index < -0.39 is 0 Å².